The summed E-state index contributed by atoms with van der Waals surface area (Å²) in [7, 11) is 1.74. The van der Waals surface area contributed by atoms with E-state index in [2.05, 4.69) is 15.6 Å². The van der Waals surface area contributed by atoms with E-state index in [4.69, 9.17) is 5.26 Å². The average Bonchev–Trinajstić information content (AvgIpc) is 2.47. The molecule has 0 fully saturated rings. The Kier molecular flexibility index (Phi) is 3.74. The van der Waals surface area contributed by atoms with E-state index in [9.17, 15) is 4.79 Å². The van der Waals surface area contributed by atoms with Crippen molar-refractivity contribution in [2.24, 2.45) is 0 Å². The number of nitrogens with zero attached hydrogens (tertiary/aromatic N) is 2. The fourth-order valence-electron chi connectivity index (χ4n) is 1.56. The molecule has 19 heavy (non-hydrogen) atoms. The summed E-state index contributed by atoms with van der Waals surface area (Å²) < 4.78 is 0. The summed E-state index contributed by atoms with van der Waals surface area (Å²) in [6, 6.07) is 13.9. The van der Waals surface area contributed by atoms with Gasteiger partial charge in [0.1, 0.15) is 11.5 Å². The van der Waals surface area contributed by atoms with Crippen LogP contribution in [0.15, 0.2) is 42.5 Å². The number of hydrogen-bond acceptors (Lipinski definition) is 4. The molecule has 5 heteroatoms. The van der Waals surface area contributed by atoms with Crippen molar-refractivity contribution in [3.8, 4) is 6.07 Å². The van der Waals surface area contributed by atoms with Crippen LogP contribution in [0.2, 0.25) is 0 Å². The highest BCUT2D eigenvalue weighted by atomic mass is 16.1. The van der Waals surface area contributed by atoms with Crippen LogP contribution in [0.3, 0.4) is 0 Å². The van der Waals surface area contributed by atoms with Crippen LogP contribution in [0.1, 0.15) is 16.1 Å². The van der Waals surface area contributed by atoms with Crippen LogP contribution in [0, 0.1) is 11.3 Å². The molecule has 0 saturated heterocycles. The van der Waals surface area contributed by atoms with Crippen molar-refractivity contribution in [3.05, 3.63) is 53.7 Å². The minimum Gasteiger partial charge on any atom is -0.373 e. The number of hydrogen-bond donors (Lipinski definition) is 2. The molecule has 5 nitrogen and oxygen atoms in total. The van der Waals surface area contributed by atoms with Gasteiger partial charge in [-0.2, -0.15) is 5.26 Å². The maximum absolute atomic E-state index is 12.0. The zero-order valence-corrected chi connectivity index (χ0v) is 10.3. The van der Waals surface area contributed by atoms with Crippen molar-refractivity contribution in [3.63, 3.8) is 0 Å². The number of nitriles is 1. The number of aromatic nitrogens is 1. The number of amides is 1. The lowest BCUT2D eigenvalue weighted by Crippen LogP contribution is -2.14. The van der Waals surface area contributed by atoms with E-state index in [0.717, 1.165) is 0 Å². The Morgan fingerprint density at radius 1 is 1.26 bits per heavy atom. The van der Waals surface area contributed by atoms with Crippen LogP contribution in [0.4, 0.5) is 11.5 Å². The number of pyridine rings is 1. The first-order valence-corrected chi connectivity index (χ1v) is 5.69. The lowest BCUT2D eigenvalue weighted by molar-refractivity contribution is 0.102. The number of benzene rings is 1. The largest absolute Gasteiger partial charge is 0.373 e. The molecule has 0 aliphatic carbocycles. The van der Waals surface area contributed by atoms with Gasteiger partial charge in [0.15, 0.2) is 0 Å². The molecule has 0 bridgehead atoms. The number of rotatable bonds is 3. The van der Waals surface area contributed by atoms with Crippen molar-refractivity contribution < 1.29 is 4.79 Å². The summed E-state index contributed by atoms with van der Waals surface area (Å²) in [5.41, 5.74) is 1.38. The van der Waals surface area contributed by atoms with Crippen LogP contribution in [-0.2, 0) is 0 Å². The molecule has 94 valence electrons. The first-order valence-electron chi connectivity index (χ1n) is 5.69. The molecule has 0 spiro atoms. The summed E-state index contributed by atoms with van der Waals surface area (Å²) in [5, 5.41) is 14.4. The minimum absolute atomic E-state index is 0.313. The third-order valence-corrected chi connectivity index (χ3v) is 2.49. The van der Waals surface area contributed by atoms with Gasteiger partial charge >= 0.3 is 0 Å². The van der Waals surface area contributed by atoms with Gasteiger partial charge in [-0.1, -0.05) is 12.1 Å². The van der Waals surface area contributed by atoms with E-state index < -0.39 is 0 Å². The standard InChI is InChI=1S/C14H12N4O/c1-16-13-7-3-6-12(18-13)14(19)17-11-5-2-4-10(8-11)9-15/h2-8H,1H3,(H,16,18)(H,17,19). The van der Waals surface area contributed by atoms with Crippen LogP contribution >= 0.6 is 0 Å². The summed E-state index contributed by atoms with van der Waals surface area (Å²) in [6.07, 6.45) is 0. The molecule has 0 aliphatic rings. The molecule has 0 radical (unpaired) electrons. The van der Waals surface area contributed by atoms with Gasteiger partial charge < -0.3 is 10.6 Å². The number of anilines is 2. The topological polar surface area (TPSA) is 77.8 Å². The Morgan fingerprint density at radius 2 is 2.05 bits per heavy atom. The molecule has 0 atom stereocenters. The Labute approximate surface area is 110 Å². The Balaban J connectivity index is 2.18. The van der Waals surface area contributed by atoms with E-state index in [1.807, 2.05) is 6.07 Å². The van der Waals surface area contributed by atoms with Crippen molar-refractivity contribution >= 4 is 17.4 Å². The van der Waals surface area contributed by atoms with Gasteiger partial charge in [0.2, 0.25) is 0 Å². The Bertz CT molecular complexity index is 646. The smallest absolute Gasteiger partial charge is 0.274 e. The number of carbonyl (C=O) groups is 1. The second-order valence-corrected chi connectivity index (χ2v) is 3.80. The molecular weight excluding hydrogens is 240 g/mol. The van der Waals surface area contributed by atoms with Crippen molar-refractivity contribution in [1.82, 2.24) is 4.98 Å². The highest BCUT2D eigenvalue weighted by molar-refractivity contribution is 6.03. The first kappa shape index (κ1) is 12.6. The lowest BCUT2D eigenvalue weighted by Gasteiger charge is -2.06. The van der Waals surface area contributed by atoms with Crippen molar-refractivity contribution in [2.45, 2.75) is 0 Å². The molecule has 0 saturated carbocycles. The highest BCUT2D eigenvalue weighted by Crippen LogP contribution is 2.12. The Hall–Kier alpha value is -2.87. The Morgan fingerprint density at radius 3 is 2.79 bits per heavy atom. The molecule has 1 aromatic carbocycles. The molecule has 1 heterocycles. The van der Waals surface area contributed by atoms with E-state index in [0.29, 0.717) is 22.8 Å². The third-order valence-electron chi connectivity index (χ3n) is 2.49. The summed E-state index contributed by atoms with van der Waals surface area (Å²) >= 11 is 0. The van der Waals surface area contributed by atoms with E-state index in [1.165, 1.54) is 0 Å². The van der Waals surface area contributed by atoms with Crippen molar-refractivity contribution in [1.29, 1.82) is 5.26 Å². The fourth-order valence-corrected chi connectivity index (χ4v) is 1.56. The molecular formula is C14H12N4O. The van der Waals surface area contributed by atoms with Gasteiger partial charge in [-0.15, -0.1) is 0 Å². The first-order chi connectivity index (χ1) is 9.22. The van der Waals surface area contributed by atoms with Gasteiger partial charge in [-0.3, -0.25) is 4.79 Å². The number of nitrogens with one attached hydrogen (secondary N) is 2. The van der Waals surface area contributed by atoms with Crippen LogP contribution in [-0.4, -0.2) is 17.9 Å². The zero-order chi connectivity index (χ0) is 13.7. The summed E-state index contributed by atoms with van der Waals surface area (Å²) in [5.74, 6) is 0.311. The van der Waals surface area contributed by atoms with Crippen LogP contribution in [0.5, 0.6) is 0 Å². The van der Waals surface area contributed by atoms with Gasteiger partial charge in [-0.05, 0) is 30.3 Å². The molecule has 0 aliphatic heterocycles. The molecule has 1 aromatic heterocycles. The minimum atomic E-state index is -0.313. The zero-order valence-electron chi connectivity index (χ0n) is 10.3. The van der Waals surface area contributed by atoms with E-state index >= 15 is 0 Å². The molecule has 0 unspecified atom stereocenters. The quantitative estimate of drug-likeness (QED) is 0.878. The van der Waals surface area contributed by atoms with Gasteiger partial charge in [0.25, 0.3) is 5.91 Å². The highest BCUT2D eigenvalue weighted by Gasteiger charge is 2.08. The van der Waals surface area contributed by atoms with Crippen LogP contribution < -0.4 is 10.6 Å². The van der Waals surface area contributed by atoms with E-state index in [1.54, 1.807) is 49.5 Å². The SMILES string of the molecule is CNc1cccc(C(=O)Nc2cccc(C#N)c2)n1. The second kappa shape index (κ2) is 5.65. The molecule has 1 amide bonds. The maximum Gasteiger partial charge on any atom is 0.274 e. The maximum atomic E-state index is 12.0. The van der Waals surface area contributed by atoms with Gasteiger partial charge in [-0.25, -0.2) is 4.98 Å². The predicted molar refractivity (Wildman–Crippen MR) is 72.9 cm³/mol. The summed E-state index contributed by atoms with van der Waals surface area (Å²) in [6.45, 7) is 0. The normalized spacial score (nSPS) is 9.47. The third kappa shape index (κ3) is 3.07. The van der Waals surface area contributed by atoms with Crippen LogP contribution in [0.25, 0.3) is 0 Å². The molecule has 2 N–H and O–H groups in total. The van der Waals surface area contributed by atoms with E-state index in [-0.39, 0.29) is 5.91 Å². The number of carbonyl (C=O) groups excluding carboxylic acids is 1. The van der Waals surface area contributed by atoms with Gasteiger partial charge in [0, 0.05) is 12.7 Å². The lowest BCUT2D eigenvalue weighted by atomic mass is 10.2. The predicted octanol–water partition coefficient (Wildman–Crippen LogP) is 2.25. The second-order valence-electron chi connectivity index (χ2n) is 3.80. The average molecular weight is 252 g/mol. The summed E-state index contributed by atoms with van der Waals surface area (Å²) in [4.78, 5) is 16.1. The molecule has 2 aromatic rings. The molecule has 2 rings (SSSR count). The fraction of sp³-hybridized carbons (Fsp3) is 0.0714. The van der Waals surface area contributed by atoms with Crippen molar-refractivity contribution in [2.75, 3.05) is 17.7 Å². The monoisotopic (exact) mass is 252 g/mol. The van der Waals surface area contributed by atoms with Gasteiger partial charge in [0.05, 0.1) is 11.6 Å².